The lowest BCUT2D eigenvalue weighted by molar-refractivity contribution is -0.0813. The van der Waals surface area contributed by atoms with Gasteiger partial charge in [-0.2, -0.15) is 0 Å². The van der Waals surface area contributed by atoms with Crippen molar-refractivity contribution in [3.8, 4) is 0 Å². The molecule has 31 heavy (non-hydrogen) atoms. The molecule has 1 aliphatic rings. The lowest BCUT2D eigenvalue weighted by Gasteiger charge is -2.20. The summed E-state index contributed by atoms with van der Waals surface area (Å²) >= 11 is 0. The van der Waals surface area contributed by atoms with Crippen LogP contribution in [0.5, 0.6) is 0 Å². The Bertz CT molecular complexity index is 415. The first-order valence-corrected chi connectivity index (χ1v) is 13.0. The van der Waals surface area contributed by atoms with E-state index < -0.39 is 24.4 Å². The zero-order chi connectivity index (χ0) is 22.6. The standard InChI is InChI=1S/C26H50O5/c1-2-3-4-5-6-7-8-9-10-11-12-13-14-15-16-17-18-19-20-30-21-24(28)26-25(29)23(27)22-31-26/h3-4,23-29H,2,5-22H2,1H3/b4-3+/t23-,24+,25+,26+/m1/s1. The highest BCUT2D eigenvalue weighted by Gasteiger charge is 2.39. The molecule has 1 fully saturated rings. The third-order valence-electron chi connectivity index (χ3n) is 6.17. The van der Waals surface area contributed by atoms with Crippen LogP contribution in [-0.2, 0) is 9.47 Å². The predicted molar refractivity (Wildman–Crippen MR) is 127 cm³/mol. The van der Waals surface area contributed by atoms with E-state index in [-0.39, 0.29) is 13.2 Å². The molecular formula is C26H50O5. The van der Waals surface area contributed by atoms with Crippen LogP contribution in [0.4, 0.5) is 0 Å². The van der Waals surface area contributed by atoms with Crippen LogP contribution in [0.2, 0.25) is 0 Å². The SMILES string of the molecule is CC/C=C/CCCCCCCCCCCCCCCCOC[C@H](O)[C@@H]1OC[C@@H](O)[C@@H]1O. The molecule has 1 heterocycles. The fraction of sp³-hybridized carbons (Fsp3) is 0.923. The number of hydrogen-bond acceptors (Lipinski definition) is 5. The highest BCUT2D eigenvalue weighted by atomic mass is 16.5. The van der Waals surface area contributed by atoms with Crippen molar-refractivity contribution in [2.45, 2.75) is 134 Å². The summed E-state index contributed by atoms with van der Waals surface area (Å²) in [7, 11) is 0. The third-order valence-corrected chi connectivity index (χ3v) is 6.17. The first-order valence-electron chi connectivity index (χ1n) is 13.0. The molecule has 0 radical (unpaired) electrons. The second-order valence-corrected chi connectivity index (χ2v) is 9.12. The maximum Gasteiger partial charge on any atom is 0.114 e. The maximum atomic E-state index is 9.97. The van der Waals surface area contributed by atoms with Gasteiger partial charge in [-0.25, -0.2) is 0 Å². The van der Waals surface area contributed by atoms with E-state index in [9.17, 15) is 15.3 Å². The summed E-state index contributed by atoms with van der Waals surface area (Å²) in [6, 6.07) is 0. The molecule has 0 spiro atoms. The highest BCUT2D eigenvalue weighted by molar-refractivity contribution is 4.87. The monoisotopic (exact) mass is 442 g/mol. The van der Waals surface area contributed by atoms with E-state index in [2.05, 4.69) is 19.1 Å². The van der Waals surface area contributed by atoms with Gasteiger partial charge in [-0.3, -0.25) is 0 Å². The molecule has 0 aliphatic carbocycles. The van der Waals surface area contributed by atoms with Crippen LogP contribution in [0.3, 0.4) is 0 Å². The van der Waals surface area contributed by atoms with Crippen LogP contribution >= 0.6 is 0 Å². The minimum absolute atomic E-state index is 0.0698. The van der Waals surface area contributed by atoms with Crippen molar-refractivity contribution in [3.05, 3.63) is 12.2 Å². The van der Waals surface area contributed by atoms with Gasteiger partial charge in [-0.05, 0) is 25.7 Å². The molecule has 0 amide bonds. The van der Waals surface area contributed by atoms with Crippen molar-refractivity contribution < 1.29 is 24.8 Å². The Hall–Kier alpha value is -0.460. The zero-order valence-corrected chi connectivity index (χ0v) is 20.1. The van der Waals surface area contributed by atoms with E-state index in [4.69, 9.17) is 9.47 Å². The van der Waals surface area contributed by atoms with Crippen LogP contribution in [0.1, 0.15) is 110 Å². The van der Waals surface area contributed by atoms with Gasteiger partial charge in [0.1, 0.15) is 24.4 Å². The number of hydrogen-bond donors (Lipinski definition) is 3. The average Bonchev–Trinajstić information content (AvgIpc) is 3.10. The van der Waals surface area contributed by atoms with Gasteiger partial charge in [0.15, 0.2) is 0 Å². The number of allylic oxidation sites excluding steroid dienone is 2. The molecule has 184 valence electrons. The third kappa shape index (κ3) is 15.1. The van der Waals surface area contributed by atoms with Crippen LogP contribution in [0.15, 0.2) is 12.2 Å². The fourth-order valence-corrected chi connectivity index (χ4v) is 4.14. The fourth-order valence-electron chi connectivity index (χ4n) is 4.14. The van der Waals surface area contributed by atoms with Gasteiger partial charge >= 0.3 is 0 Å². The van der Waals surface area contributed by atoms with Crippen LogP contribution in [0.25, 0.3) is 0 Å². The Morgan fingerprint density at radius 3 is 1.81 bits per heavy atom. The van der Waals surface area contributed by atoms with E-state index in [1.165, 1.54) is 83.5 Å². The van der Waals surface area contributed by atoms with Crippen molar-refractivity contribution in [2.75, 3.05) is 19.8 Å². The highest BCUT2D eigenvalue weighted by Crippen LogP contribution is 2.18. The normalized spacial score (nSPS) is 22.5. The van der Waals surface area contributed by atoms with Gasteiger partial charge in [0.2, 0.25) is 0 Å². The van der Waals surface area contributed by atoms with Crippen molar-refractivity contribution in [2.24, 2.45) is 0 Å². The molecule has 3 N–H and O–H groups in total. The Morgan fingerprint density at radius 1 is 0.806 bits per heavy atom. The Morgan fingerprint density at radius 2 is 1.32 bits per heavy atom. The molecule has 0 aromatic rings. The number of aliphatic hydroxyl groups excluding tert-OH is 3. The Labute approximate surface area is 191 Å². The molecule has 1 saturated heterocycles. The zero-order valence-electron chi connectivity index (χ0n) is 20.1. The Balaban J connectivity index is 1.73. The molecule has 0 aromatic carbocycles. The number of ether oxygens (including phenoxy) is 2. The van der Waals surface area contributed by atoms with Crippen LogP contribution in [-0.4, -0.2) is 59.6 Å². The molecule has 5 heteroatoms. The Kier molecular flexibility index (Phi) is 18.6. The quantitative estimate of drug-likeness (QED) is 0.166. The molecule has 0 unspecified atom stereocenters. The average molecular weight is 443 g/mol. The van der Waals surface area contributed by atoms with E-state index in [1.54, 1.807) is 0 Å². The van der Waals surface area contributed by atoms with Gasteiger partial charge in [0, 0.05) is 6.61 Å². The van der Waals surface area contributed by atoms with E-state index >= 15 is 0 Å². The molecule has 4 atom stereocenters. The van der Waals surface area contributed by atoms with Crippen molar-refractivity contribution in [3.63, 3.8) is 0 Å². The van der Waals surface area contributed by atoms with Gasteiger partial charge in [-0.1, -0.05) is 96.1 Å². The first-order chi connectivity index (χ1) is 15.2. The first kappa shape index (κ1) is 28.6. The topological polar surface area (TPSA) is 79.2 Å². The van der Waals surface area contributed by atoms with Crippen LogP contribution < -0.4 is 0 Å². The van der Waals surface area contributed by atoms with Crippen molar-refractivity contribution >= 4 is 0 Å². The van der Waals surface area contributed by atoms with Gasteiger partial charge in [0.25, 0.3) is 0 Å². The molecule has 0 bridgehead atoms. The lowest BCUT2D eigenvalue weighted by atomic mass is 10.0. The van der Waals surface area contributed by atoms with E-state index in [1.807, 2.05) is 0 Å². The maximum absolute atomic E-state index is 9.97. The summed E-state index contributed by atoms with van der Waals surface area (Å²) < 4.78 is 10.7. The smallest absolute Gasteiger partial charge is 0.114 e. The molecule has 1 rings (SSSR count). The summed E-state index contributed by atoms with van der Waals surface area (Å²) in [5, 5.41) is 29.1. The van der Waals surface area contributed by atoms with E-state index in [0.29, 0.717) is 6.61 Å². The molecule has 5 nitrogen and oxygen atoms in total. The van der Waals surface area contributed by atoms with Gasteiger partial charge in [0.05, 0.1) is 13.2 Å². The minimum Gasteiger partial charge on any atom is -0.388 e. The largest absolute Gasteiger partial charge is 0.388 e. The molecule has 0 aromatic heterocycles. The van der Waals surface area contributed by atoms with E-state index in [0.717, 1.165) is 19.3 Å². The van der Waals surface area contributed by atoms with Gasteiger partial charge in [-0.15, -0.1) is 0 Å². The molecule has 0 saturated carbocycles. The van der Waals surface area contributed by atoms with Crippen molar-refractivity contribution in [1.82, 2.24) is 0 Å². The minimum atomic E-state index is -1.03. The van der Waals surface area contributed by atoms with Gasteiger partial charge < -0.3 is 24.8 Å². The van der Waals surface area contributed by atoms with Crippen LogP contribution in [0, 0.1) is 0 Å². The number of rotatable bonds is 21. The molecular weight excluding hydrogens is 392 g/mol. The summed E-state index contributed by atoms with van der Waals surface area (Å²) in [6.45, 7) is 3.03. The molecule has 1 aliphatic heterocycles. The van der Waals surface area contributed by atoms with Crippen molar-refractivity contribution in [1.29, 1.82) is 0 Å². The second-order valence-electron chi connectivity index (χ2n) is 9.12. The summed E-state index contributed by atoms with van der Waals surface area (Å²) in [5.41, 5.74) is 0. The summed E-state index contributed by atoms with van der Waals surface area (Å²) in [4.78, 5) is 0. The lowest BCUT2D eigenvalue weighted by Crippen LogP contribution is -2.40. The second kappa shape index (κ2) is 20.2. The number of unbranched alkanes of at least 4 members (excludes halogenated alkanes) is 14. The summed E-state index contributed by atoms with van der Waals surface area (Å²) in [6.07, 6.45) is 22.0. The predicted octanol–water partition coefficient (Wildman–Crippen LogP) is 5.30. The number of aliphatic hydroxyl groups is 3. The summed E-state index contributed by atoms with van der Waals surface area (Å²) in [5.74, 6) is 0.